The molecule has 2 amide bonds. The van der Waals surface area contributed by atoms with Crippen molar-refractivity contribution in [3.8, 4) is 0 Å². The van der Waals surface area contributed by atoms with Gasteiger partial charge in [0.25, 0.3) is 0 Å². The molecule has 2 aromatic rings. The highest BCUT2D eigenvalue weighted by Crippen LogP contribution is 2.41. The molecule has 2 aromatic carbocycles. The molecule has 0 bridgehead atoms. The molecule has 0 spiro atoms. The molecule has 1 fully saturated rings. The second-order valence-electron chi connectivity index (χ2n) is 7.24. The first-order valence-electron chi connectivity index (χ1n) is 9.16. The van der Waals surface area contributed by atoms with Gasteiger partial charge in [-0.2, -0.15) is 0 Å². The summed E-state index contributed by atoms with van der Waals surface area (Å²) in [4.78, 5) is 27.2. The lowest BCUT2D eigenvalue weighted by Gasteiger charge is -2.21. The third-order valence-electron chi connectivity index (χ3n) is 4.83. The van der Waals surface area contributed by atoms with E-state index in [1.54, 1.807) is 4.90 Å². The number of rotatable bonds is 5. The Morgan fingerprint density at radius 2 is 1.69 bits per heavy atom. The molecular formula is C22H26N2O2. The monoisotopic (exact) mass is 350 g/mol. The maximum Gasteiger partial charge on any atom is 0.230 e. The maximum atomic E-state index is 12.9. The van der Waals surface area contributed by atoms with Gasteiger partial charge in [-0.3, -0.25) is 9.59 Å². The molecule has 26 heavy (non-hydrogen) atoms. The van der Waals surface area contributed by atoms with Crippen molar-refractivity contribution in [3.63, 3.8) is 0 Å². The van der Waals surface area contributed by atoms with Crippen molar-refractivity contribution in [2.75, 3.05) is 16.8 Å². The fraction of sp³-hybridized carbons (Fsp3) is 0.364. The van der Waals surface area contributed by atoms with Crippen LogP contribution < -0.4 is 10.2 Å². The number of benzene rings is 2. The molecule has 2 atom stereocenters. The average Bonchev–Trinajstić information content (AvgIpc) is 3.35. The summed E-state index contributed by atoms with van der Waals surface area (Å²) >= 11 is 0. The Morgan fingerprint density at radius 1 is 1.00 bits per heavy atom. The number of nitrogens with one attached hydrogen (secondary N) is 1. The van der Waals surface area contributed by atoms with Gasteiger partial charge in [0.15, 0.2) is 0 Å². The lowest BCUT2D eigenvalue weighted by atomic mass is 10.1. The number of hydrogen-bond donors (Lipinski definition) is 1. The van der Waals surface area contributed by atoms with Gasteiger partial charge >= 0.3 is 0 Å². The van der Waals surface area contributed by atoms with E-state index >= 15 is 0 Å². The SMILES string of the molecule is CCN(C(=O)C1CC1C(=O)Nc1cc(C)cc(C)c1)c1cccc(C)c1. The average molecular weight is 350 g/mol. The van der Waals surface area contributed by atoms with Crippen LogP contribution in [0, 0.1) is 32.6 Å². The number of hydrogen-bond acceptors (Lipinski definition) is 2. The van der Waals surface area contributed by atoms with Gasteiger partial charge < -0.3 is 10.2 Å². The Balaban J connectivity index is 1.66. The maximum absolute atomic E-state index is 12.9. The Hall–Kier alpha value is -2.62. The molecule has 4 heteroatoms. The van der Waals surface area contributed by atoms with E-state index in [2.05, 4.69) is 11.4 Å². The molecular weight excluding hydrogens is 324 g/mol. The van der Waals surface area contributed by atoms with Crippen LogP contribution in [0.4, 0.5) is 11.4 Å². The lowest BCUT2D eigenvalue weighted by molar-refractivity contribution is -0.123. The van der Waals surface area contributed by atoms with Crippen molar-refractivity contribution in [1.29, 1.82) is 0 Å². The van der Waals surface area contributed by atoms with Crippen LogP contribution >= 0.6 is 0 Å². The number of aryl methyl sites for hydroxylation is 3. The Labute approximate surface area is 155 Å². The first-order valence-corrected chi connectivity index (χ1v) is 9.16. The fourth-order valence-corrected chi connectivity index (χ4v) is 3.50. The predicted molar refractivity (Wildman–Crippen MR) is 105 cm³/mol. The summed E-state index contributed by atoms with van der Waals surface area (Å²) in [5, 5.41) is 2.97. The van der Waals surface area contributed by atoms with Crippen molar-refractivity contribution < 1.29 is 9.59 Å². The van der Waals surface area contributed by atoms with E-state index < -0.39 is 0 Å². The van der Waals surface area contributed by atoms with Gasteiger partial charge in [0.2, 0.25) is 11.8 Å². The van der Waals surface area contributed by atoms with Crippen LogP contribution in [0.5, 0.6) is 0 Å². The van der Waals surface area contributed by atoms with Crippen LogP contribution in [0.3, 0.4) is 0 Å². The van der Waals surface area contributed by atoms with Crippen molar-refractivity contribution in [3.05, 3.63) is 59.2 Å². The molecule has 3 rings (SSSR count). The summed E-state index contributed by atoms with van der Waals surface area (Å²) < 4.78 is 0. The zero-order valence-electron chi connectivity index (χ0n) is 15.9. The van der Waals surface area contributed by atoms with Crippen LogP contribution in [0.15, 0.2) is 42.5 Å². The van der Waals surface area contributed by atoms with Crippen LogP contribution in [0.2, 0.25) is 0 Å². The third-order valence-corrected chi connectivity index (χ3v) is 4.83. The fourth-order valence-electron chi connectivity index (χ4n) is 3.50. The van der Waals surface area contributed by atoms with Gasteiger partial charge in [-0.15, -0.1) is 0 Å². The Morgan fingerprint density at radius 3 is 2.31 bits per heavy atom. The first kappa shape index (κ1) is 18.2. The highest BCUT2D eigenvalue weighted by atomic mass is 16.2. The van der Waals surface area contributed by atoms with E-state index in [-0.39, 0.29) is 23.7 Å². The van der Waals surface area contributed by atoms with Crippen molar-refractivity contribution >= 4 is 23.2 Å². The highest BCUT2D eigenvalue weighted by molar-refractivity contribution is 6.04. The van der Waals surface area contributed by atoms with Crippen molar-refractivity contribution in [1.82, 2.24) is 0 Å². The summed E-state index contributed by atoms with van der Waals surface area (Å²) in [6, 6.07) is 13.9. The molecule has 1 N–H and O–H groups in total. The molecule has 2 unspecified atom stereocenters. The highest BCUT2D eigenvalue weighted by Gasteiger charge is 2.49. The normalized spacial score (nSPS) is 18.3. The van der Waals surface area contributed by atoms with E-state index in [4.69, 9.17) is 0 Å². The molecule has 0 saturated heterocycles. The Bertz CT molecular complexity index is 824. The second kappa shape index (κ2) is 7.32. The van der Waals surface area contributed by atoms with Crippen LogP contribution in [0.1, 0.15) is 30.0 Å². The minimum absolute atomic E-state index is 0.0404. The van der Waals surface area contributed by atoms with Gasteiger partial charge in [-0.1, -0.05) is 18.2 Å². The quantitative estimate of drug-likeness (QED) is 0.877. The zero-order chi connectivity index (χ0) is 18.8. The first-order chi connectivity index (χ1) is 12.4. The van der Waals surface area contributed by atoms with Gasteiger partial charge in [-0.25, -0.2) is 0 Å². The molecule has 1 saturated carbocycles. The van der Waals surface area contributed by atoms with E-state index in [0.717, 1.165) is 28.1 Å². The lowest BCUT2D eigenvalue weighted by Crippen LogP contribution is -2.33. The molecule has 1 aliphatic carbocycles. The third kappa shape index (κ3) is 3.96. The number of amides is 2. The van der Waals surface area contributed by atoms with E-state index in [9.17, 15) is 9.59 Å². The van der Waals surface area contributed by atoms with Crippen LogP contribution in [0.25, 0.3) is 0 Å². The number of nitrogens with zero attached hydrogens (tertiary/aromatic N) is 1. The summed E-state index contributed by atoms with van der Waals surface area (Å²) in [7, 11) is 0. The van der Waals surface area contributed by atoms with Crippen LogP contribution in [-0.2, 0) is 9.59 Å². The number of carbonyl (C=O) groups is 2. The van der Waals surface area contributed by atoms with Crippen LogP contribution in [-0.4, -0.2) is 18.4 Å². The minimum Gasteiger partial charge on any atom is -0.326 e. The van der Waals surface area contributed by atoms with E-state index in [1.807, 2.05) is 64.1 Å². The van der Waals surface area contributed by atoms with Gasteiger partial charge in [-0.05, 0) is 75.1 Å². The standard InChI is InChI=1S/C22H26N2O2/c1-5-24(18-8-6-7-14(2)12-18)22(26)20-13-19(20)21(25)23-17-10-15(3)9-16(4)11-17/h6-12,19-20H,5,13H2,1-4H3,(H,23,25). The molecule has 0 heterocycles. The van der Waals surface area contributed by atoms with Gasteiger partial charge in [0.1, 0.15) is 0 Å². The summed E-state index contributed by atoms with van der Waals surface area (Å²) in [6.07, 6.45) is 0.623. The molecule has 0 aliphatic heterocycles. The minimum atomic E-state index is -0.234. The molecule has 0 aromatic heterocycles. The molecule has 0 radical (unpaired) electrons. The van der Waals surface area contributed by atoms with Crippen molar-refractivity contribution in [2.24, 2.45) is 11.8 Å². The number of carbonyl (C=O) groups excluding carboxylic acids is 2. The zero-order valence-corrected chi connectivity index (χ0v) is 15.9. The molecule has 4 nitrogen and oxygen atoms in total. The Kier molecular flexibility index (Phi) is 5.12. The smallest absolute Gasteiger partial charge is 0.230 e. The van der Waals surface area contributed by atoms with E-state index in [1.165, 1.54) is 0 Å². The van der Waals surface area contributed by atoms with Gasteiger partial charge in [0, 0.05) is 17.9 Å². The molecule has 1 aliphatic rings. The molecule has 136 valence electrons. The van der Waals surface area contributed by atoms with Gasteiger partial charge in [0.05, 0.1) is 11.8 Å². The predicted octanol–water partition coefficient (Wildman–Crippen LogP) is 4.24. The topological polar surface area (TPSA) is 49.4 Å². The summed E-state index contributed by atoms with van der Waals surface area (Å²) in [5.41, 5.74) is 5.05. The second-order valence-corrected chi connectivity index (χ2v) is 7.24. The van der Waals surface area contributed by atoms with Crippen molar-refractivity contribution in [2.45, 2.75) is 34.1 Å². The van der Waals surface area contributed by atoms with E-state index in [0.29, 0.717) is 13.0 Å². The summed E-state index contributed by atoms with van der Waals surface area (Å²) in [5.74, 6) is -0.476. The largest absolute Gasteiger partial charge is 0.326 e. The number of anilines is 2. The summed E-state index contributed by atoms with van der Waals surface area (Å²) in [6.45, 7) is 8.59.